The highest BCUT2D eigenvalue weighted by atomic mass is 32.2. The van der Waals surface area contributed by atoms with Crippen LogP contribution < -0.4 is 10.2 Å². The van der Waals surface area contributed by atoms with Crippen LogP contribution in [0.5, 0.6) is 0 Å². The van der Waals surface area contributed by atoms with Crippen molar-refractivity contribution in [1.29, 1.82) is 0 Å². The topological polar surface area (TPSA) is 92.8 Å². The third-order valence-corrected chi connectivity index (χ3v) is 7.42. The van der Waals surface area contributed by atoms with Crippen molar-refractivity contribution >= 4 is 27.5 Å². The van der Waals surface area contributed by atoms with E-state index in [0.717, 1.165) is 24.7 Å². The van der Waals surface area contributed by atoms with E-state index in [1.54, 1.807) is 17.0 Å². The summed E-state index contributed by atoms with van der Waals surface area (Å²) in [5, 5.41) is 2.95. The first kappa shape index (κ1) is 22.3. The number of rotatable bonds is 5. The highest BCUT2D eigenvalue weighted by Crippen LogP contribution is 2.49. The molecule has 1 aliphatic carbocycles. The minimum Gasteiger partial charge on any atom is -0.445 e. The van der Waals surface area contributed by atoms with Gasteiger partial charge in [-0.2, -0.15) is 0 Å². The molecule has 170 valence electrons. The lowest BCUT2D eigenvalue weighted by molar-refractivity contribution is -0.117. The molecule has 2 aliphatic rings. The minimum atomic E-state index is -3.45. The molecule has 1 fully saturated rings. The zero-order valence-corrected chi connectivity index (χ0v) is 19.3. The van der Waals surface area contributed by atoms with Crippen LogP contribution in [-0.2, 0) is 26.0 Å². The van der Waals surface area contributed by atoms with Crippen LogP contribution in [0.25, 0.3) is 0 Å². The van der Waals surface area contributed by atoms with Gasteiger partial charge in [0.1, 0.15) is 6.61 Å². The minimum absolute atomic E-state index is 0.0662. The van der Waals surface area contributed by atoms with Gasteiger partial charge in [0, 0.05) is 30.8 Å². The van der Waals surface area contributed by atoms with Gasteiger partial charge in [-0.05, 0) is 48.1 Å². The van der Waals surface area contributed by atoms with Crippen LogP contribution >= 0.6 is 0 Å². The Hall–Kier alpha value is -2.87. The largest absolute Gasteiger partial charge is 0.445 e. The summed E-state index contributed by atoms with van der Waals surface area (Å²) in [7, 11) is -3.45. The number of fused-ring (bicyclic) bond motifs is 1. The Morgan fingerprint density at radius 3 is 2.41 bits per heavy atom. The number of nitrogens with one attached hydrogen (secondary N) is 1. The van der Waals surface area contributed by atoms with E-state index < -0.39 is 22.0 Å². The molecule has 0 spiro atoms. The maximum absolute atomic E-state index is 12.7. The number of anilines is 1. The first-order valence-electron chi connectivity index (χ1n) is 10.8. The van der Waals surface area contributed by atoms with Crippen LogP contribution in [-0.4, -0.2) is 32.7 Å². The Bertz CT molecular complexity index is 1130. The van der Waals surface area contributed by atoms with Crippen LogP contribution in [0.15, 0.2) is 53.4 Å². The normalized spacial score (nSPS) is 22.7. The quantitative estimate of drug-likeness (QED) is 0.738. The number of ether oxygens (including phenoxy) is 1. The van der Waals surface area contributed by atoms with Crippen LogP contribution in [0, 0.1) is 11.8 Å². The molecule has 3 atom stereocenters. The predicted octanol–water partition coefficient (Wildman–Crippen LogP) is 3.84. The monoisotopic (exact) mass is 456 g/mol. The van der Waals surface area contributed by atoms with Crippen LogP contribution in [0.1, 0.15) is 43.9 Å². The molecule has 0 saturated heterocycles. The van der Waals surface area contributed by atoms with Crippen molar-refractivity contribution in [3.05, 3.63) is 59.7 Å². The van der Waals surface area contributed by atoms with E-state index in [1.807, 2.05) is 37.3 Å². The van der Waals surface area contributed by atoms with E-state index in [0.29, 0.717) is 17.2 Å². The number of sulfone groups is 1. The predicted molar refractivity (Wildman–Crippen MR) is 121 cm³/mol. The molecule has 32 heavy (non-hydrogen) atoms. The van der Waals surface area contributed by atoms with Gasteiger partial charge < -0.3 is 15.0 Å². The second-order valence-electron chi connectivity index (χ2n) is 8.75. The molecule has 2 aromatic carbocycles. The van der Waals surface area contributed by atoms with Crippen molar-refractivity contribution in [1.82, 2.24) is 5.32 Å². The zero-order valence-electron chi connectivity index (χ0n) is 18.4. The molecule has 2 aromatic rings. The third kappa shape index (κ3) is 4.50. The number of carbonyl (C=O) groups is 2. The molecule has 0 radical (unpaired) electrons. The molecule has 0 bridgehead atoms. The molecule has 8 heteroatoms. The third-order valence-electron chi connectivity index (χ3n) is 6.31. The van der Waals surface area contributed by atoms with E-state index >= 15 is 0 Å². The molecule has 7 nitrogen and oxygen atoms in total. The van der Waals surface area contributed by atoms with Gasteiger partial charge in [-0.25, -0.2) is 13.2 Å². The SMILES string of the molecule is CC(=O)N1c2ccc(S(C)(=O)=O)cc2C(NC(=O)OCc2ccccc2)C(C)[C@@H]1C1CC1. The lowest BCUT2D eigenvalue weighted by Gasteiger charge is -2.45. The first-order chi connectivity index (χ1) is 15.2. The fourth-order valence-electron chi connectivity index (χ4n) is 4.67. The Morgan fingerprint density at radius 2 is 1.81 bits per heavy atom. The number of carbonyl (C=O) groups excluding carboxylic acids is 2. The second kappa shape index (κ2) is 8.58. The Balaban J connectivity index is 1.67. The van der Waals surface area contributed by atoms with Gasteiger partial charge in [0.05, 0.1) is 10.9 Å². The van der Waals surface area contributed by atoms with Crippen molar-refractivity contribution < 1.29 is 22.7 Å². The molecule has 2 amide bonds. The highest BCUT2D eigenvalue weighted by molar-refractivity contribution is 7.90. The van der Waals surface area contributed by atoms with E-state index in [2.05, 4.69) is 5.32 Å². The molecular weight excluding hydrogens is 428 g/mol. The maximum atomic E-state index is 12.7. The second-order valence-corrected chi connectivity index (χ2v) is 10.8. The van der Waals surface area contributed by atoms with Crippen molar-refractivity contribution in [2.24, 2.45) is 11.8 Å². The molecule has 1 aliphatic heterocycles. The number of hydrogen-bond donors (Lipinski definition) is 1. The maximum Gasteiger partial charge on any atom is 0.407 e. The highest BCUT2D eigenvalue weighted by Gasteiger charge is 2.48. The van der Waals surface area contributed by atoms with Crippen LogP contribution in [0.4, 0.5) is 10.5 Å². The molecule has 0 aromatic heterocycles. The summed E-state index contributed by atoms with van der Waals surface area (Å²) in [4.78, 5) is 27.2. The fourth-order valence-corrected chi connectivity index (χ4v) is 5.32. The van der Waals surface area contributed by atoms with Gasteiger partial charge in [-0.15, -0.1) is 0 Å². The van der Waals surface area contributed by atoms with Crippen LogP contribution in [0.3, 0.4) is 0 Å². The molecule has 1 saturated carbocycles. The van der Waals surface area contributed by atoms with Crippen molar-refractivity contribution in [3.63, 3.8) is 0 Å². The summed E-state index contributed by atoms with van der Waals surface area (Å²) in [5.41, 5.74) is 2.13. The van der Waals surface area contributed by atoms with Gasteiger partial charge in [0.15, 0.2) is 9.84 Å². The lowest BCUT2D eigenvalue weighted by Crippen LogP contribution is -2.53. The number of hydrogen-bond acceptors (Lipinski definition) is 5. The van der Waals surface area contributed by atoms with Crippen LogP contribution in [0.2, 0.25) is 0 Å². The summed E-state index contributed by atoms with van der Waals surface area (Å²) in [6.07, 6.45) is 2.63. The Morgan fingerprint density at radius 1 is 1.12 bits per heavy atom. The van der Waals surface area contributed by atoms with Gasteiger partial charge in [0.25, 0.3) is 0 Å². The lowest BCUT2D eigenvalue weighted by atomic mass is 9.80. The summed E-state index contributed by atoms with van der Waals surface area (Å²) in [6.45, 7) is 3.66. The van der Waals surface area contributed by atoms with Gasteiger partial charge in [-0.3, -0.25) is 4.79 Å². The summed E-state index contributed by atoms with van der Waals surface area (Å²) < 4.78 is 29.8. The Kier molecular flexibility index (Phi) is 5.99. The number of alkyl carbamates (subject to hydrolysis) is 1. The average molecular weight is 457 g/mol. The first-order valence-corrected chi connectivity index (χ1v) is 12.7. The number of nitrogens with zero attached hydrogens (tertiary/aromatic N) is 1. The van der Waals surface area contributed by atoms with E-state index in [1.165, 1.54) is 13.0 Å². The molecule has 1 heterocycles. The van der Waals surface area contributed by atoms with Crippen molar-refractivity contribution in [2.75, 3.05) is 11.2 Å². The fraction of sp³-hybridized carbons (Fsp3) is 0.417. The summed E-state index contributed by atoms with van der Waals surface area (Å²) >= 11 is 0. The Labute approximate surface area is 188 Å². The van der Waals surface area contributed by atoms with Gasteiger partial charge in [0.2, 0.25) is 5.91 Å². The summed E-state index contributed by atoms with van der Waals surface area (Å²) in [6, 6.07) is 13.6. The smallest absolute Gasteiger partial charge is 0.407 e. The zero-order chi connectivity index (χ0) is 23.0. The molecule has 1 N–H and O–H groups in total. The van der Waals surface area contributed by atoms with Gasteiger partial charge >= 0.3 is 6.09 Å². The standard InChI is InChI=1S/C24H28N2O5S/c1-15-22(25-24(28)31-14-17-7-5-4-6-8-17)20-13-19(32(3,29)30)11-12-21(20)26(16(2)27)23(15)18-9-10-18/h4-8,11-13,15,18,22-23H,9-10,14H2,1-3H3,(H,25,28)/t15?,22?,23-/m1/s1. The van der Waals surface area contributed by atoms with E-state index in [-0.39, 0.29) is 29.4 Å². The number of benzene rings is 2. The van der Waals surface area contributed by atoms with E-state index in [9.17, 15) is 18.0 Å². The molecule has 2 unspecified atom stereocenters. The van der Waals surface area contributed by atoms with E-state index in [4.69, 9.17) is 4.74 Å². The number of amides is 2. The average Bonchev–Trinajstić information content (AvgIpc) is 3.58. The molecule has 4 rings (SSSR count). The van der Waals surface area contributed by atoms with Crippen molar-refractivity contribution in [2.45, 2.75) is 50.3 Å². The summed E-state index contributed by atoms with van der Waals surface area (Å²) in [5.74, 6) is 0.159. The van der Waals surface area contributed by atoms with Gasteiger partial charge in [-0.1, -0.05) is 37.3 Å². The molecular formula is C24H28N2O5S. The van der Waals surface area contributed by atoms with Crippen molar-refractivity contribution in [3.8, 4) is 0 Å².